The van der Waals surface area contributed by atoms with E-state index in [-0.39, 0.29) is 6.04 Å². The average molecular weight is 277 g/mol. The van der Waals surface area contributed by atoms with Crippen LogP contribution >= 0.6 is 11.3 Å². The van der Waals surface area contributed by atoms with E-state index in [0.29, 0.717) is 6.61 Å². The summed E-state index contributed by atoms with van der Waals surface area (Å²) >= 11 is 1.67. The van der Waals surface area contributed by atoms with E-state index in [9.17, 15) is 0 Å². The Morgan fingerprint density at radius 3 is 2.79 bits per heavy atom. The monoisotopic (exact) mass is 277 g/mol. The zero-order valence-corrected chi connectivity index (χ0v) is 12.3. The van der Waals surface area contributed by atoms with E-state index in [1.165, 1.54) is 0 Å². The SMILES string of the molecule is CCOc1cccc(C(NN)c2sc(C)nc2C)c1. The van der Waals surface area contributed by atoms with E-state index in [4.69, 9.17) is 10.6 Å². The zero-order chi connectivity index (χ0) is 13.8. The van der Waals surface area contributed by atoms with Gasteiger partial charge < -0.3 is 4.74 Å². The number of nitrogens with zero attached hydrogens (tertiary/aromatic N) is 1. The summed E-state index contributed by atoms with van der Waals surface area (Å²) in [5.41, 5.74) is 4.98. The Morgan fingerprint density at radius 1 is 1.42 bits per heavy atom. The fourth-order valence-electron chi connectivity index (χ4n) is 2.09. The Kier molecular flexibility index (Phi) is 4.52. The van der Waals surface area contributed by atoms with Crippen molar-refractivity contribution < 1.29 is 4.74 Å². The molecular weight excluding hydrogens is 258 g/mol. The van der Waals surface area contributed by atoms with Crippen LogP contribution in [-0.4, -0.2) is 11.6 Å². The van der Waals surface area contributed by atoms with Crippen molar-refractivity contribution in [2.24, 2.45) is 5.84 Å². The largest absolute Gasteiger partial charge is 0.494 e. The first kappa shape index (κ1) is 14.0. The van der Waals surface area contributed by atoms with Crippen molar-refractivity contribution in [3.05, 3.63) is 45.4 Å². The maximum absolute atomic E-state index is 5.73. The second-order valence-electron chi connectivity index (χ2n) is 4.29. The molecule has 0 fully saturated rings. The highest BCUT2D eigenvalue weighted by molar-refractivity contribution is 7.11. The maximum Gasteiger partial charge on any atom is 0.119 e. The van der Waals surface area contributed by atoms with Gasteiger partial charge in [0.15, 0.2) is 0 Å². The van der Waals surface area contributed by atoms with Crippen LogP contribution in [0.15, 0.2) is 24.3 Å². The molecule has 19 heavy (non-hydrogen) atoms. The van der Waals surface area contributed by atoms with Crippen molar-refractivity contribution in [1.29, 1.82) is 0 Å². The smallest absolute Gasteiger partial charge is 0.119 e. The molecule has 1 unspecified atom stereocenters. The molecule has 0 saturated carbocycles. The Morgan fingerprint density at radius 2 is 2.21 bits per heavy atom. The molecule has 2 rings (SSSR count). The molecule has 0 amide bonds. The second kappa shape index (κ2) is 6.14. The molecule has 0 saturated heterocycles. The Bertz CT molecular complexity index is 553. The molecule has 0 bridgehead atoms. The quantitative estimate of drug-likeness (QED) is 0.651. The molecule has 1 aromatic carbocycles. The molecule has 0 radical (unpaired) electrons. The Hall–Kier alpha value is -1.43. The van der Waals surface area contributed by atoms with Crippen LogP contribution in [0.2, 0.25) is 0 Å². The summed E-state index contributed by atoms with van der Waals surface area (Å²) in [6, 6.07) is 7.94. The summed E-state index contributed by atoms with van der Waals surface area (Å²) in [7, 11) is 0. The van der Waals surface area contributed by atoms with E-state index in [2.05, 4.69) is 10.4 Å². The van der Waals surface area contributed by atoms with Crippen LogP contribution in [0, 0.1) is 13.8 Å². The van der Waals surface area contributed by atoms with Crippen LogP contribution in [0.1, 0.15) is 34.1 Å². The fraction of sp³-hybridized carbons (Fsp3) is 0.357. The molecule has 2 aromatic rings. The van der Waals surface area contributed by atoms with Crippen LogP contribution in [0.25, 0.3) is 0 Å². The second-order valence-corrected chi connectivity index (χ2v) is 5.52. The van der Waals surface area contributed by atoms with Gasteiger partial charge in [-0.1, -0.05) is 12.1 Å². The average Bonchev–Trinajstić information content (AvgIpc) is 2.71. The van der Waals surface area contributed by atoms with Crippen molar-refractivity contribution in [2.45, 2.75) is 26.8 Å². The van der Waals surface area contributed by atoms with E-state index in [0.717, 1.165) is 26.9 Å². The van der Waals surface area contributed by atoms with E-state index in [1.54, 1.807) is 11.3 Å². The number of hydrogen-bond donors (Lipinski definition) is 2. The zero-order valence-electron chi connectivity index (χ0n) is 11.4. The predicted molar refractivity (Wildman–Crippen MR) is 78.4 cm³/mol. The molecule has 0 aliphatic heterocycles. The van der Waals surface area contributed by atoms with Gasteiger partial charge in [0.05, 0.1) is 28.2 Å². The minimum atomic E-state index is -0.0494. The molecule has 1 heterocycles. The summed E-state index contributed by atoms with van der Waals surface area (Å²) in [4.78, 5) is 5.60. The van der Waals surface area contributed by atoms with Crippen LogP contribution in [0.5, 0.6) is 5.75 Å². The van der Waals surface area contributed by atoms with Gasteiger partial charge >= 0.3 is 0 Å². The van der Waals surface area contributed by atoms with Crippen molar-refractivity contribution in [3.63, 3.8) is 0 Å². The standard InChI is InChI=1S/C14H19N3OS/c1-4-18-12-7-5-6-11(8-12)13(17-15)14-9(2)16-10(3)19-14/h5-8,13,17H,4,15H2,1-3H3. The van der Waals surface area contributed by atoms with Gasteiger partial charge in [0.1, 0.15) is 5.75 Å². The highest BCUT2D eigenvalue weighted by Gasteiger charge is 2.18. The highest BCUT2D eigenvalue weighted by atomic mass is 32.1. The number of benzene rings is 1. The van der Waals surface area contributed by atoms with Gasteiger partial charge in [0.2, 0.25) is 0 Å². The molecule has 102 valence electrons. The van der Waals surface area contributed by atoms with Crippen LogP contribution in [0.4, 0.5) is 0 Å². The summed E-state index contributed by atoms with van der Waals surface area (Å²) in [5.74, 6) is 6.59. The lowest BCUT2D eigenvalue weighted by atomic mass is 10.0. The number of rotatable bonds is 5. The van der Waals surface area contributed by atoms with E-state index >= 15 is 0 Å². The lowest BCUT2D eigenvalue weighted by molar-refractivity contribution is 0.339. The third kappa shape index (κ3) is 3.12. The summed E-state index contributed by atoms with van der Waals surface area (Å²) in [6.45, 7) is 6.64. The molecule has 3 N–H and O–H groups in total. The fourth-order valence-corrected chi connectivity index (χ4v) is 3.10. The lowest BCUT2D eigenvalue weighted by Crippen LogP contribution is -2.28. The van der Waals surface area contributed by atoms with Crippen molar-refractivity contribution in [3.8, 4) is 5.75 Å². The van der Waals surface area contributed by atoms with Crippen LogP contribution in [-0.2, 0) is 0 Å². The number of aryl methyl sites for hydroxylation is 2. The number of thiazole rings is 1. The number of nitrogens with one attached hydrogen (secondary N) is 1. The lowest BCUT2D eigenvalue weighted by Gasteiger charge is -2.16. The number of aromatic nitrogens is 1. The molecule has 5 heteroatoms. The molecule has 0 aliphatic rings. The van der Waals surface area contributed by atoms with Crippen molar-refractivity contribution in [1.82, 2.24) is 10.4 Å². The van der Waals surface area contributed by atoms with Gasteiger partial charge in [-0.15, -0.1) is 11.3 Å². The van der Waals surface area contributed by atoms with Crippen LogP contribution < -0.4 is 16.0 Å². The number of hydrazine groups is 1. The van der Waals surface area contributed by atoms with E-state index in [1.807, 2.05) is 45.0 Å². The van der Waals surface area contributed by atoms with Crippen LogP contribution in [0.3, 0.4) is 0 Å². The number of nitrogens with two attached hydrogens (primary N) is 1. The molecule has 0 spiro atoms. The minimum Gasteiger partial charge on any atom is -0.494 e. The normalized spacial score (nSPS) is 12.4. The minimum absolute atomic E-state index is 0.0494. The molecular formula is C14H19N3OS. The van der Waals surface area contributed by atoms with Gasteiger partial charge in [0, 0.05) is 0 Å². The summed E-state index contributed by atoms with van der Waals surface area (Å²) in [5, 5.41) is 1.05. The predicted octanol–water partition coefficient (Wildman–Crippen LogP) is 2.71. The van der Waals surface area contributed by atoms with Crippen molar-refractivity contribution in [2.75, 3.05) is 6.61 Å². The summed E-state index contributed by atoms with van der Waals surface area (Å²) < 4.78 is 5.53. The molecule has 1 atom stereocenters. The molecule has 1 aromatic heterocycles. The van der Waals surface area contributed by atoms with Gasteiger partial charge in [-0.3, -0.25) is 5.84 Å². The van der Waals surface area contributed by atoms with Crippen molar-refractivity contribution >= 4 is 11.3 Å². The molecule has 0 aliphatic carbocycles. The Labute approximate surface area is 117 Å². The van der Waals surface area contributed by atoms with Gasteiger partial charge in [-0.05, 0) is 38.5 Å². The summed E-state index contributed by atoms with van der Waals surface area (Å²) in [6.07, 6.45) is 0. The number of ether oxygens (including phenoxy) is 1. The Balaban J connectivity index is 2.36. The van der Waals surface area contributed by atoms with E-state index < -0.39 is 0 Å². The van der Waals surface area contributed by atoms with Gasteiger partial charge in [0.25, 0.3) is 0 Å². The first-order valence-electron chi connectivity index (χ1n) is 6.28. The third-order valence-electron chi connectivity index (χ3n) is 2.87. The van der Waals surface area contributed by atoms with Gasteiger partial charge in [-0.25, -0.2) is 10.4 Å². The first-order chi connectivity index (χ1) is 9.15. The number of hydrogen-bond acceptors (Lipinski definition) is 5. The van der Waals surface area contributed by atoms with Gasteiger partial charge in [-0.2, -0.15) is 0 Å². The maximum atomic E-state index is 5.73. The highest BCUT2D eigenvalue weighted by Crippen LogP contribution is 2.30. The third-order valence-corrected chi connectivity index (χ3v) is 4.01. The first-order valence-corrected chi connectivity index (χ1v) is 7.10. The topological polar surface area (TPSA) is 60.2 Å². The molecule has 4 nitrogen and oxygen atoms in total.